The molecule has 4 nitrogen and oxygen atoms in total. The Morgan fingerprint density at radius 1 is 0.268 bits per heavy atom. The molecule has 15 rings (SSSR count). The van der Waals surface area contributed by atoms with Crippen LogP contribution in [-0.4, -0.2) is 18.3 Å². The fourth-order valence-corrected chi connectivity index (χ4v) is 11.8. The van der Waals surface area contributed by atoms with Gasteiger partial charge in [0, 0.05) is 66.0 Å². The van der Waals surface area contributed by atoms with Gasteiger partial charge in [-0.1, -0.05) is 140 Å². The van der Waals surface area contributed by atoms with E-state index in [9.17, 15) is 0 Å². The Labute approximate surface area is 410 Å². The summed E-state index contributed by atoms with van der Waals surface area (Å²) >= 11 is 0. The molecule has 0 bridgehead atoms. The van der Waals surface area contributed by atoms with Crippen LogP contribution in [0.2, 0.25) is 0 Å². The molecule has 1 aliphatic rings. The van der Waals surface area contributed by atoms with Gasteiger partial charge < -0.3 is 18.3 Å². The molecule has 14 aromatic rings. The molecule has 4 heteroatoms. The summed E-state index contributed by atoms with van der Waals surface area (Å²) in [4.78, 5) is 0. The first-order chi connectivity index (χ1) is 35.2. The standard InChI is InChI=1S/C67H44N4/c1-3-18-48(19-4-1)68-60-28-11-7-25-53(60)57-40-45(33-36-65(57)68)44-17-15-32-64-56(39-44)52-24-9-13-30-62(52)70(64)50-22-16-23-51(43-50)71-63-31-14-10-27-55(63)59-42-47(35-38-67(59)71)46-34-37-66-58(41-46)54-26-8-12-29-61(54)69(66)49-20-5-2-6-21-49/h1-16,18-43H,17H2. The monoisotopic (exact) mass is 904 g/mol. The lowest BCUT2D eigenvalue weighted by Gasteiger charge is -2.13. The molecule has 4 heterocycles. The van der Waals surface area contributed by atoms with Crippen molar-refractivity contribution in [1.82, 2.24) is 18.3 Å². The van der Waals surface area contributed by atoms with E-state index >= 15 is 0 Å². The van der Waals surface area contributed by atoms with Gasteiger partial charge in [0.05, 0.1) is 44.3 Å². The zero-order chi connectivity index (χ0) is 46.6. The highest BCUT2D eigenvalue weighted by Gasteiger charge is 2.21. The summed E-state index contributed by atoms with van der Waals surface area (Å²) in [6.07, 6.45) is 7.96. The van der Waals surface area contributed by atoms with Crippen LogP contribution in [0.5, 0.6) is 0 Å². The topological polar surface area (TPSA) is 19.7 Å². The average molecular weight is 905 g/mol. The van der Waals surface area contributed by atoms with Crippen LogP contribution < -0.4 is 0 Å². The second kappa shape index (κ2) is 15.6. The minimum atomic E-state index is 0.833. The Kier molecular flexibility index (Phi) is 8.69. The van der Waals surface area contributed by atoms with Gasteiger partial charge in [-0.25, -0.2) is 0 Å². The van der Waals surface area contributed by atoms with E-state index in [1.165, 1.54) is 121 Å². The third-order valence-corrected chi connectivity index (χ3v) is 15.0. The van der Waals surface area contributed by atoms with Crippen molar-refractivity contribution in [3.63, 3.8) is 0 Å². The largest absolute Gasteiger partial charge is 0.309 e. The van der Waals surface area contributed by atoms with Crippen LogP contribution in [0.25, 0.3) is 128 Å². The second-order valence-electron chi connectivity index (χ2n) is 18.9. The van der Waals surface area contributed by atoms with Crippen molar-refractivity contribution >= 4 is 94.0 Å². The highest BCUT2D eigenvalue weighted by Crippen LogP contribution is 2.42. The Balaban J connectivity index is 0.843. The zero-order valence-electron chi connectivity index (χ0n) is 38.7. The number of para-hydroxylation sites is 6. The highest BCUT2D eigenvalue weighted by atomic mass is 15.0. The van der Waals surface area contributed by atoms with Crippen LogP contribution >= 0.6 is 0 Å². The van der Waals surface area contributed by atoms with Gasteiger partial charge in [-0.15, -0.1) is 0 Å². The Bertz CT molecular complexity index is 4530. The summed E-state index contributed by atoms with van der Waals surface area (Å²) in [7, 11) is 0. The average Bonchev–Trinajstić information content (AvgIpc) is 4.10. The van der Waals surface area contributed by atoms with Gasteiger partial charge in [-0.05, 0) is 144 Å². The maximum Gasteiger partial charge on any atom is 0.0541 e. The van der Waals surface area contributed by atoms with E-state index in [0.29, 0.717) is 0 Å². The number of benzene rings is 10. The van der Waals surface area contributed by atoms with Crippen LogP contribution in [0, 0.1) is 0 Å². The maximum absolute atomic E-state index is 2.46. The fraction of sp³-hybridized carbons (Fsp3) is 0.0149. The number of rotatable bonds is 6. The molecule has 1 aliphatic carbocycles. The van der Waals surface area contributed by atoms with Crippen LogP contribution in [-0.2, 0) is 0 Å². The van der Waals surface area contributed by atoms with Crippen molar-refractivity contribution < 1.29 is 0 Å². The fourth-order valence-electron chi connectivity index (χ4n) is 11.8. The van der Waals surface area contributed by atoms with Crippen molar-refractivity contribution in [1.29, 1.82) is 0 Å². The first-order valence-corrected chi connectivity index (χ1v) is 24.6. The smallest absolute Gasteiger partial charge is 0.0541 e. The molecule has 332 valence electrons. The van der Waals surface area contributed by atoms with Crippen molar-refractivity contribution in [2.75, 3.05) is 0 Å². The number of aromatic nitrogens is 4. The first kappa shape index (κ1) is 39.6. The van der Waals surface area contributed by atoms with Crippen LogP contribution in [0.3, 0.4) is 0 Å². The third-order valence-electron chi connectivity index (χ3n) is 15.0. The Morgan fingerprint density at radius 2 is 0.648 bits per heavy atom. The van der Waals surface area contributed by atoms with Crippen LogP contribution in [0.1, 0.15) is 23.2 Å². The van der Waals surface area contributed by atoms with Gasteiger partial charge in [-0.3, -0.25) is 0 Å². The van der Waals surface area contributed by atoms with Gasteiger partial charge in [0.15, 0.2) is 0 Å². The van der Waals surface area contributed by atoms with E-state index in [-0.39, 0.29) is 0 Å². The molecule has 0 atom stereocenters. The molecule has 0 radical (unpaired) electrons. The molecule has 0 unspecified atom stereocenters. The van der Waals surface area contributed by atoms with Gasteiger partial charge in [0.25, 0.3) is 0 Å². The van der Waals surface area contributed by atoms with Gasteiger partial charge in [0.1, 0.15) is 0 Å². The van der Waals surface area contributed by atoms with E-state index in [2.05, 4.69) is 273 Å². The van der Waals surface area contributed by atoms with Gasteiger partial charge >= 0.3 is 0 Å². The number of fused-ring (bicyclic) bond motifs is 12. The number of hydrogen-bond acceptors (Lipinski definition) is 0. The lowest BCUT2D eigenvalue weighted by molar-refractivity contribution is 1.09. The molecule has 71 heavy (non-hydrogen) atoms. The predicted octanol–water partition coefficient (Wildman–Crippen LogP) is 17.5. The molecule has 4 aromatic heterocycles. The normalized spacial score (nSPS) is 12.8. The first-order valence-electron chi connectivity index (χ1n) is 24.6. The summed E-state index contributed by atoms with van der Waals surface area (Å²) < 4.78 is 9.67. The quantitative estimate of drug-likeness (QED) is 0.158. The lowest BCUT2D eigenvalue weighted by Crippen LogP contribution is -2.00. The van der Waals surface area contributed by atoms with Crippen molar-refractivity contribution in [3.05, 3.63) is 259 Å². The number of allylic oxidation sites excluding steroid dienone is 2. The minimum Gasteiger partial charge on any atom is -0.309 e. The molecule has 10 aromatic carbocycles. The molecule has 0 spiro atoms. The van der Waals surface area contributed by atoms with E-state index in [1.54, 1.807) is 0 Å². The van der Waals surface area contributed by atoms with E-state index in [1.807, 2.05) is 0 Å². The number of hydrogen-bond donors (Lipinski definition) is 0. The highest BCUT2D eigenvalue weighted by molar-refractivity contribution is 6.14. The van der Waals surface area contributed by atoms with E-state index < -0.39 is 0 Å². The van der Waals surface area contributed by atoms with Crippen molar-refractivity contribution in [2.24, 2.45) is 0 Å². The summed E-state index contributed by atoms with van der Waals surface area (Å²) in [6.45, 7) is 0. The van der Waals surface area contributed by atoms with Crippen LogP contribution in [0.4, 0.5) is 0 Å². The molecule has 0 aliphatic heterocycles. The number of nitrogens with zero attached hydrogens (tertiary/aromatic N) is 4. The predicted molar refractivity (Wildman–Crippen MR) is 300 cm³/mol. The maximum atomic E-state index is 2.46. The molecule has 0 N–H and O–H groups in total. The molecule has 0 amide bonds. The molecule has 0 fully saturated rings. The second-order valence-corrected chi connectivity index (χ2v) is 18.9. The SMILES string of the molecule is C1=Cc2c(c3ccccc3n2-c2cccc(-n3c4ccccc4c4cc(-c5ccc6c(c5)c5ccccc5n6-c5ccccc5)ccc43)c2)C=C(c2ccc3c(c2)c2ccccc2n3-c2ccccc2)C1. The van der Waals surface area contributed by atoms with E-state index in [4.69, 9.17) is 0 Å². The molecule has 0 saturated heterocycles. The molecule has 0 saturated carbocycles. The van der Waals surface area contributed by atoms with Gasteiger partial charge in [0.2, 0.25) is 0 Å². The Morgan fingerprint density at radius 3 is 1.17 bits per heavy atom. The Hall–Kier alpha value is -9.38. The summed E-state index contributed by atoms with van der Waals surface area (Å²) in [5.41, 5.74) is 20.4. The summed E-state index contributed by atoms with van der Waals surface area (Å²) in [5, 5.41) is 8.75. The molecular formula is C67H44N4. The lowest BCUT2D eigenvalue weighted by atomic mass is 9.98. The zero-order valence-corrected chi connectivity index (χ0v) is 38.7. The molecular weight excluding hydrogens is 861 g/mol. The minimum absolute atomic E-state index is 0.833. The third kappa shape index (κ3) is 6.05. The van der Waals surface area contributed by atoms with Crippen LogP contribution in [0.15, 0.2) is 243 Å². The van der Waals surface area contributed by atoms with Gasteiger partial charge in [-0.2, -0.15) is 0 Å². The summed E-state index contributed by atoms with van der Waals surface area (Å²) in [5.74, 6) is 0. The van der Waals surface area contributed by atoms with Crippen molar-refractivity contribution in [3.8, 4) is 33.9 Å². The van der Waals surface area contributed by atoms with E-state index in [0.717, 1.165) is 17.8 Å². The summed E-state index contributed by atoms with van der Waals surface area (Å²) in [6, 6.07) is 86.7. The van der Waals surface area contributed by atoms with Crippen molar-refractivity contribution in [2.45, 2.75) is 6.42 Å².